The Morgan fingerprint density at radius 2 is 1.51 bits per heavy atom. The summed E-state index contributed by atoms with van der Waals surface area (Å²) in [6, 6.07) is 16.3. The molecule has 0 spiro atoms. The zero-order valence-corrected chi connectivity index (χ0v) is 20.5. The number of hydrogen-bond acceptors (Lipinski definition) is 5. The fourth-order valence-corrected chi connectivity index (χ4v) is 4.59. The van der Waals surface area contributed by atoms with Gasteiger partial charge >= 0.3 is 0 Å². The van der Waals surface area contributed by atoms with E-state index in [0.29, 0.717) is 34.8 Å². The summed E-state index contributed by atoms with van der Waals surface area (Å²) in [7, 11) is 1.55. The molecule has 188 valence electrons. The molecule has 0 fully saturated rings. The van der Waals surface area contributed by atoms with Crippen molar-refractivity contribution >= 4 is 22.7 Å². The number of halogens is 1. The molecule has 5 rings (SSSR count). The molecule has 4 aromatic rings. The van der Waals surface area contributed by atoms with Gasteiger partial charge in [-0.3, -0.25) is 19.3 Å². The molecule has 0 saturated heterocycles. The Hall–Kier alpha value is -4.46. The molecule has 2 heterocycles. The second kappa shape index (κ2) is 9.89. The lowest BCUT2D eigenvalue weighted by molar-refractivity contribution is 0.0649. The number of carbonyl (C=O) groups is 2. The lowest BCUT2D eigenvalue weighted by Gasteiger charge is -2.20. The number of amides is 2. The van der Waals surface area contributed by atoms with Crippen LogP contribution in [0.4, 0.5) is 4.39 Å². The van der Waals surface area contributed by atoms with Crippen LogP contribution in [0.3, 0.4) is 0 Å². The van der Waals surface area contributed by atoms with Crippen LogP contribution < -0.4 is 14.9 Å². The van der Waals surface area contributed by atoms with Crippen LogP contribution in [0.2, 0.25) is 0 Å². The molecule has 3 aromatic carbocycles. The molecule has 1 aromatic heterocycles. The molecule has 0 radical (unpaired) electrons. The van der Waals surface area contributed by atoms with E-state index >= 15 is 4.39 Å². The quantitative estimate of drug-likeness (QED) is 0.322. The average Bonchev–Trinajstić information content (AvgIpc) is 3.17. The van der Waals surface area contributed by atoms with Crippen LogP contribution in [0.5, 0.6) is 11.5 Å². The van der Waals surface area contributed by atoms with Crippen molar-refractivity contribution in [2.24, 2.45) is 0 Å². The Morgan fingerprint density at radius 3 is 2.14 bits per heavy atom. The summed E-state index contributed by atoms with van der Waals surface area (Å²) in [4.78, 5) is 40.5. The first-order valence-electron chi connectivity index (χ1n) is 12.0. The summed E-state index contributed by atoms with van der Waals surface area (Å²) >= 11 is 0. The molecule has 1 aliphatic heterocycles. The highest BCUT2D eigenvalue weighted by atomic mass is 19.1. The highest BCUT2D eigenvalue weighted by molar-refractivity contribution is 6.21. The van der Waals surface area contributed by atoms with Gasteiger partial charge in [0.15, 0.2) is 5.43 Å². The van der Waals surface area contributed by atoms with Gasteiger partial charge in [-0.1, -0.05) is 31.2 Å². The van der Waals surface area contributed by atoms with Crippen LogP contribution in [-0.4, -0.2) is 41.5 Å². The smallest absolute Gasteiger partial charge is 0.261 e. The second-order valence-corrected chi connectivity index (χ2v) is 8.72. The van der Waals surface area contributed by atoms with Crippen LogP contribution >= 0.6 is 0 Å². The Bertz CT molecular complexity index is 1540. The van der Waals surface area contributed by atoms with Gasteiger partial charge in [0.05, 0.1) is 35.7 Å². The third kappa shape index (κ3) is 4.24. The van der Waals surface area contributed by atoms with Crippen molar-refractivity contribution in [3.05, 3.63) is 94.0 Å². The van der Waals surface area contributed by atoms with Gasteiger partial charge in [-0.15, -0.1) is 0 Å². The van der Waals surface area contributed by atoms with Crippen molar-refractivity contribution in [2.45, 2.75) is 19.9 Å². The molecular formula is C29H25FN2O5. The fraction of sp³-hybridized carbons (Fsp3) is 0.207. The third-order valence-corrected chi connectivity index (χ3v) is 6.44. The van der Waals surface area contributed by atoms with Gasteiger partial charge in [-0.2, -0.15) is 0 Å². The maximum Gasteiger partial charge on any atom is 0.261 e. The van der Waals surface area contributed by atoms with Gasteiger partial charge in [0, 0.05) is 24.8 Å². The number of pyridine rings is 1. The molecule has 1 aliphatic rings. The molecule has 8 heteroatoms. The highest BCUT2D eigenvalue weighted by Crippen LogP contribution is 2.30. The van der Waals surface area contributed by atoms with Gasteiger partial charge in [0.2, 0.25) is 0 Å². The number of imide groups is 1. The Balaban J connectivity index is 1.62. The molecule has 0 atom stereocenters. The number of carbonyl (C=O) groups excluding carboxylic acids is 2. The maximum absolute atomic E-state index is 15.2. The minimum Gasteiger partial charge on any atom is -0.497 e. The molecule has 7 nitrogen and oxygen atoms in total. The van der Waals surface area contributed by atoms with Crippen LogP contribution in [0.15, 0.2) is 71.7 Å². The molecule has 0 bridgehead atoms. The summed E-state index contributed by atoms with van der Waals surface area (Å²) in [5.74, 6) is -0.450. The Morgan fingerprint density at radius 1 is 0.838 bits per heavy atom. The normalized spacial score (nSPS) is 12.8. The van der Waals surface area contributed by atoms with Crippen LogP contribution in [0, 0.1) is 5.82 Å². The second-order valence-electron chi connectivity index (χ2n) is 8.72. The van der Waals surface area contributed by atoms with Gasteiger partial charge < -0.3 is 14.0 Å². The molecule has 0 unspecified atom stereocenters. The zero-order chi connectivity index (χ0) is 26.1. The standard InChI is InChI=1S/C29H25FN2O5/c1-3-16-37-24-13-12-23(30)25-26(24)31(17-22(27(25)33)18-8-10-19(36-2)11-9-18)14-15-32-28(34)20-6-4-5-7-21(20)29(32)35/h4-13,17H,3,14-16H2,1-2H3. The number of aromatic nitrogens is 1. The molecule has 37 heavy (non-hydrogen) atoms. The predicted octanol–water partition coefficient (Wildman–Crippen LogP) is 4.90. The lowest BCUT2D eigenvalue weighted by atomic mass is 10.0. The Kier molecular flexibility index (Phi) is 6.48. The van der Waals surface area contributed by atoms with Gasteiger partial charge in [-0.25, -0.2) is 4.39 Å². The summed E-state index contributed by atoms with van der Waals surface area (Å²) in [5.41, 5.74) is 1.39. The van der Waals surface area contributed by atoms with Gasteiger partial charge in [0.25, 0.3) is 11.8 Å². The van der Waals surface area contributed by atoms with E-state index in [0.717, 1.165) is 6.42 Å². The number of fused-ring (bicyclic) bond motifs is 2. The first-order chi connectivity index (χ1) is 17.9. The van der Waals surface area contributed by atoms with Gasteiger partial charge in [-0.05, 0) is 48.4 Å². The first-order valence-corrected chi connectivity index (χ1v) is 12.0. The van der Waals surface area contributed by atoms with Crippen LogP contribution in [0.25, 0.3) is 22.0 Å². The number of hydrogen-bond donors (Lipinski definition) is 0. The molecule has 0 aliphatic carbocycles. The van der Waals surface area contributed by atoms with E-state index in [1.54, 1.807) is 66.4 Å². The SMILES string of the molecule is CCCOc1ccc(F)c2c(=O)c(-c3ccc(OC)cc3)cn(CCN3C(=O)c4ccccc4C3=O)c12. The monoisotopic (exact) mass is 500 g/mol. The zero-order valence-electron chi connectivity index (χ0n) is 20.5. The predicted molar refractivity (Wildman–Crippen MR) is 138 cm³/mol. The van der Waals surface area contributed by atoms with Crippen molar-refractivity contribution < 1.29 is 23.5 Å². The number of ether oxygens (including phenoxy) is 2. The first kappa shape index (κ1) is 24.2. The van der Waals surface area contributed by atoms with Gasteiger partial charge in [0.1, 0.15) is 17.3 Å². The summed E-state index contributed by atoms with van der Waals surface area (Å²) < 4.78 is 28.0. The summed E-state index contributed by atoms with van der Waals surface area (Å²) in [6.07, 6.45) is 2.35. The fourth-order valence-electron chi connectivity index (χ4n) is 4.59. The highest BCUT2D eigenvalue weighted by Gasteiger charge is 2.34. The number of rotatable bonds is 8. The van der Waals surface area contributed by atoms with Crippen molar-refractivity contribution in [1.82, 2.24) is 9.47 Å². The van der Waals surface area contributed by atoms with Crippen molar-refractivity contribution in [1.29, 1.82) is 0 Å². The van der Waals surface area contributed by atoms with Crippen LogP contribution in [-0.2, 0) is 6.54 Å². The minimum atomic E-state index is -0.673. The molecule has 0 saturated carbocycles. The Labute approximate surface area is 212 Å². The van der Waals surface area contributed by atoms with E-state index in [1.807, 2.05) is 6.92 Å². The van der Waals surface area contributed by atoms with Crippen LogP contribution in [0.1, 0.15) is 34.1 Å². The van der Waals surface area contributed by atoms with E-state index in [9.17, 15) is 14.4 Å². The summed E-state index contributed by atoms with van der Waals surface area (Å²) in [5, 5.41) is -0.107. The average molecular weight is 501 g/mol. The van der Waals surface area contributed by atoms with Crippen molar-refractivity contribution in [3.63, 3.8) is 0 Å². The number of benzene rings is 3. The topological polar surface area (TPSA) is 77.8 Å². The molecular weight excluding hydrogens is 475 g/mol. The summed E-state index contributed by atoms with van der Waals surface area (Å²) in [6.45, 7) is 2.50. The lowest BCUT2D eigenvalue weighted by Crippen LogP contribution is -2.33. The van der Waals surface area contributed by atoms with E-state index in [-0.39, 0.29) is 41.4 Å². The molecule has 2 amide bonds. The number of nitrogens with zero attached hydrogens (tertiary/aromatic N) is 2. The largest absolute Gasteiger partial charge is 0.497 e. The molecule has 0 N–H and O–H groups in total. The number of methoxy groups -OCH3 is 1. The van der Waals surface area contributed by atoms with E-state index in [2.05, 4.69) is 0 Å². The van der Waals surface area contributed by atoms with E-state index < -0.39 is 11.2 Å². The van der Waals surface area contributed by atoms with E-state index in [1.165, 1.54) is 17.0 Å². The third-order valence-electron chi connectivity index (χ3n) is 6.44. The minimum absolute atomic E-state index is 0.0378. The van der Waals surface area contributed by atoms with Crippen molar-refractivity contribution in [3.8, 4) is 22.6 Å². The maximum atomic E-state index is 15.2. The van der Waals surface area contributed by atoms with Crippen molar-refractivity contribution in [2.75, 3.05) is 20.3 Å². The van der Waals surface area contributed by atoms with E-state index in [4.69, 9.17) is 9.47 Å².